The molecule has 1 aliphatic heterocycles. The van der Waals surface area contributed by atoms with Crippen LogP contribution in [0.5, 0.6) is 0 Å². The van der Waals surface area contributed by atoms with E-state index in [0.29, 0.717) is 11.8 Å². The number of halogens is 1. The maximum absolute atomic E-state index is 11.9. The molecule has 0 aromatic carbocycles. The zero-order chi connectivity index (χ0) is 11.2. The highest BCUT2D eigenvalue weighted by atomic mass is 35.5. The van der Waals surface area contributed by atoms with Crippen molar-refractivity contribution in [1.82, 2.24) is 10.3 Å². The molecule has 0 bridgehead atoms. The third kappa shape index (κ3) is 5.15. The maximum atomic E-state index is 11.9. The van der Waals surface area contributed by atoms with E-state index >= 15 is 0 Å². The molecule has 1 saturated heterocycles. The number of hydrogen-bond acceptors (Lipinski definition) is 3. The fourth-order valence-corrected chi connectivity index (χ4v) is 3.35. The van der Waals surface area contributed by atoms with Gasteiger partial charge in [0.05, 0.1) is 11.4 Å². The smallest absolute Gasteiger partial charge is 0.0659 e. The van der Waals surface area contributed by atoms with Gasteiger partial charge in [0.25, 0.3) is 0 Å². The number of hydrogen-bond donors (Lipinski definition) is 1. The van der Waals surface area contributed by atoms with Crippen molar-refractivity contribution in [2.45, 2.75) is 31.1 Å². The van der Waals surface area contributed by atoms with Gasteiger partial charge in [-0.3, -0.25) is 9.19 Å². The van der Waals surface area contributed by atoms with Crippen LogP contribution < -0.4 is 5.32 Å². The van der Waals surface area contributed by atoms with E-state index in [0.717, 1.165) is 24.4 Å². The molecule has 2 heterocycles. The van der Waals surface area contributed by atoms with Gasteiger partial charge in [-0.15, -0.1) is 12.4 Å². The van der Waals surface area contributed by atoms with Gasteiger partial charge in [0, 0.05) is 28.8 Å². The average Bonchev–Trinajstić information content (AvgIpc) is 2.31. The topological polar surface area (TPSA) is 42.0 Å². The zero-order valence-electron chi connectivity index (χ0n) is 9.80. The van der Waals surface area contributed by atoms with Crippen molar-refractivity contribution in [1.29, 1.82) is 0 Å². The SMILES string of the molecule is Cl.O=S(Cc1ccccn1)CC1CCCCN1. The molecular weight excluding hydrogens is 256 g/mol. The number of aromatic nitrogens is 1. The summed E-state index contributed by atoms with van der Waals surface area (Å²) in [5.74, 6) is 1.34. The van der Waals surface area contributed by atoms with Gasteiger partial charge in [-0.2, -0.15) is 0 Å². The molecule has 2 atom stereocenters. The molecule has 0 saturated carbocycles. The summed E-state index contributed by atoms with van der Waals surface area (Å²) in [6.45, 7) is 1.07. The van der Waals surface area contributed by atoms with E-state index in [9.17, 15) is 4.21 Å². The average molecular weight is 275 g/mol. The van der Waals surface area contributed by atoms with Gasteiger partial charge in [-0.1, -0.05) is 12.5 Å². The lowest BCUT2D eigenvalue weighted by Crippen LogP contribution is -2.38. The Bertz CT molecular complexity index is 342. The molecule has 1 N–H and O–H groups in total. The highest BCUT2D eigenvalue weighted by molar-refractivity contribution is 7.84. The number of piperidine rings is 1. The first-order chi connectivity index (χ1) is 7.84. The summed E-state index contributed by atoms with van der Waals surface area (Å²) in [5, 5.41) is 3.42. The molecular formula is C12H19ClN2OS. The third-order valence-corrected chi connectivity index (χ3v) is 4.23. The predicted molar refractivity (Wildman–Crippen MR) is 73.8 cm³/mol. The molecule has 2 unspecified atom stereocenters. The molecule has 17 heavy (non-hydrogen) atoms. The lowest BCUT2D eigenvalue weighted by atomic mass is 10.1. The van der Waals surface area contributed by atoms with E-state index in [1.807, 2.05) is 18.2 Å². The van der Waals surface area contributed by atoms with Gasteiger partial charge in [-0.25, -0.2) is 0 Å². The summed E-state index contributed by atoms with van der Waals surface area (Å²) in [6, 6.07) is 6.21. The van der Waals surface area contributed by atoms with Gasteiger partial charge in [0.1, 0.15) is 0 Å². The Morgan fingerprint density at radius 3 is 2.94 bits per heavy atom. The number of nitrogens with one attached hydrogen (secondary N) is 1. The minimum absolute atomic E-state index is 0. The zero-order valence-corrected chi connectivity index (χ0v) is 11.4. The van der Waals surface area contributed by atoms with Crippen LogP contribution in [0.15, 0.2) is 24.4 Å². The van der Waals surface area contributed by atoms with E-state index in [2.05, 4.69) is 10.3 Å². The third-order valence-electron chi connectivity index (χ3n) is 2.83. The molecule has 0 aliphatic carbocycles. The highest BCUT2D eigenvalue weighted by Crippen LogP contribution is 2.09. The summed E-state index contributed by atoms with van der Waals surface area (Å²) in [5.41, 5.74) is 0.927. The number of rotatable bonds is 4. The van der Waals surface area contributed by atoms with Crippen LogP contribution >= 0.6 is 12.4 Å². The Morgan fingerprint density at radius 2 is 2.29 bits per heavy atom. The van der Waals surface area contributed by atoms with Gasteiger partial charge < -0.3 is 5.32 Å². The second kappa shape index (κ2) is 7.80. The number of pyridine rings is 1. The molecule has 1 fully saturated rings. The van der Waals surface area contributed by atoms with Crippen LogP contribution in [0.4, 0.5) is 0 Å². The first-order valence-corrected chi connectivity index (χ1v) is 7.31. The van der Waals surface area contributed by atoms with E-state index in [4.69, 9.17) is 0 Å². The van der Waals surface area contributed by atoms with Crippen molar-refractivity contribution in [3.8, 4) is 0 Å². The van der Waals surface area contributed by atoms with Crippen LogP contribution in [-0.4, -0.2) is 27.5 Å². The largest absolute Gasteiger partial charge is 0.313 e. The van der Waals surface area contributed by atoms with Gasteiger partial charge in [0.2, 0.25) is 0 Å². The summed E-state index contributed by atoms with van der Waals surface area (Å²) < 4.78 is 11.9. The van der Waals surface area contributed by atoms with Crippen LogP contribution in [0.2, 0.25) is 0 Å². The standard InChI is InChI=1S/C12H18N2OS.ClH/c15-16(9-11-5-1-3-7-13-11)10-12-6-2-4-8-14-12;/h1,3,5,7,12,14H,2,4,6,8-10H2;1H. The van der Waals surface area contributed by atoms with Crippen molar-refractivity contribution >= 4 is 23.2 Å². The van der Waals surface area contributed by atoms with Crippen molar-refractivity contribution in [2.24, 2.45) is 0 Å². The molecule has 5 heteroatoms. The molecule has 3 nitrogen and oxygen atoms in total. The lowest BCUT2D eigenvalue weighted by molar-refractivity contribution is 0.427. The normalized spacial score (nSPS) is 21.5. The van der Waals surface area contributed by atoms with Crippen molar-refractivity contribution in [3.63, 3.8) is 0 Å². The monoisotopic (exact) mass is 274 g/mol. The molecule has 0 spiro atoms. The maximum Gasteiger partial charge on any atom is 0.0659 e. The molecule has 1 aromatic rings. The van der Waals surface area contributed by atoms with Crippen LogP contribution in [0.1, 0.15) is 25.0 Å². The Morgan fingerprint density at radius 1 is 1.41 bits per heavy atom. The molecule has 0 amide bonds. The van der Waals surface area contributed by atoms with Gasteiger partial charge in [-0.05, 0) is 31.5 Å². The Balaban J connectivity index is 0.00000144. The fraction of sp³-hybridized carbons (Fsp3) is 0.583. The second-order valence-electron chi connectivity index (χ2n) is 4.22. The minimum Gasteiger partial charge on any atom is -0.313 e. The molecule has 2 rings (SSSR count). The summed E-state index contributed by atoms with van der Waals surface area (Å²) in [6.07, 6.45) is 5.43. The summed E-state index contributed by atoms with van der Waals surface area (Å²) >= 11 is 0. The summed E-state index contributed by atoms with van der Waals surface area (Å²) in [4.78, 5) is 4.20. The van der Waals surface area contributed by atoms with Crippen molar-refractivity contribution in [3.05, 3.63) is 30.1 Å². The van der Waals surface area contributed by atoms with Crippen molar-refractivity contribution < 1.29 is 4.21 Å². The summed E-state index contributed by atoms with van der Waals surface area (Å²) in [7, 11) is -0.794. The molecule has 96 valence electrons. The minimum atomic E-state index is -0.794. The van der Waals surface area contributed by atoms with E-state index in [1.165, 1.54) is 12.8 Å². The highest BCUT2D eigenvalue weighted by Gasteiger charge is 2.15. The van der Waals surface area contributed by atoms with Crippen LogP contribution in [0.25, 0.3) is 0 Å². The van der Waals surface area contributed by atoms with Crippen LogP contribution in [0, 0.1) is 0 Å². The molecule has 1 aromatic heterocycles. The van der Waals surface area contributed by atoms with Gasteiger partial charge >= 0.3 is 0 Å². The molecule has 0 radical (unpaired) electrons. The van der Waals surface area contributed by atoms with E-state index < -0.39 is 10.8 Å². The molecule has 1 aliphatic rings. The lowest BCUT2D eigenvalue weighted by Gasteiger charge is -2.22. The van der Waals surface area contributed by atoms with Crippen LogP contribution in [0.3, 0.4) is 0 Å². The van der Waals surface area contributed by atoms with E-state index in [-0.39, 0.29) is 12.4 Å². The Hall–Kier alpha value is -0.450. The predicted octanol–water partition coefficient (Wildman–Crippen LogP) is 1.89. The Kier molecular flexibility index (Phi) is 6.70. The second-order valence-corrected chi connectivity index (χ2v) is 5.72. The first kappa shape index (κ1) is 14.6. The first-order valence-electron chi connectivity index (χ1n) is 5.83. The quantitative estimate of drug-likeness (QED) is 0.912. The fourth-order valence-electron chi connectivity index (χ4n) is 2.00. The van der Waals surface area contributed by atoms with Gasteiger partial charge in [0.15, 0.2) is 0 Å². The van der Waals surface area contributed by atoms with E-state index in [1.54, 1.807) is 6.20 Å². The van der Waals surface area contributed by atoms with Crippen LogP contribution in [-0.2, 0) is 16.6 Å². The Labute approximate surface area is 111 Å². The number of nitrogens with zero attached hydrogens (tertiary/aromatic N) is 1. The van der Waals surface area contributed by atoms with Crippen molar-refractivity contribution in [2.75, 3.05) is 12.3 Å².